The first-order chi connectivity index (χ1) is 7.99. The van der Waals surface area contributed by atoms with E-state index in [9.17, 15) is 14.0 Å². The molecule has 1 N–H and O–H groups in total. The van der Waals surface area contributed by atoms with Crippen molar-refractivity contribution in [2.24, 2.45) is 0 Å². The lowest BCUT2D eigenvalue weighted by Gasteiger charge is -2.23. The van der Waals surface area contributed by atoms with Crippen molar-refractivity contribution in [3.8, 4) is 0 Å². The summed E-state index contributed by atoms with van der Waals surface area (Å²) in [6.07, 6.45) is 0.270. The summed E-state index contributed by atoms with van der Waals surface area (Å²) in [5.41, 5.74) is -0.116. The molecule has 1 aromatic carbocycles. The molecule has 1 unspecified atom stereocenters. The molecule has 92 valence electrons. The Morgan fingerprint density at radius 3 is 2.47 bits per heavy atom. The van der Waals surface area contributed by atoms with Crippen molar-refractivity contribution in [1.29, 1.82) is 0 Å². The largest absolute Gasteiger partial charge is 0.480 e. The van der Waals surface area contributed by atoms with E-state index in [1.54, 1.807) is 6.92 Å². The lowest BCUT2D eigenvalue weighted by Crippen LogP contribution is -2.42. The number of carbonyl (C=O) groups excluding carboxylic acids is 1. The van der Waals surface area contributed by atoms with Crippen LogP contribution in [0.25, 0.3) is 0 Å². The van der Waals surface area contributed by atoms with Gasteiger partial charge >= 0.3 is 5.97 Å². The maximum atomic E-state index is 13.4. The monoisotopic (exact) mass is 239 g/mol. The van der Waals surface area contributed by atoms with Crippen molar-refractivity contribution in [3.63, 3.8) is 0 Å². The number of carboxylic acid groups (broad SMARTS) is 1. The molecular formula is C12H14FNO3. The summed E-state index contributed by atoms with van der Waals surface area (Å²) in [4.78, 5) is 23.8. The van der Waals surface area contributed by atoms with Crippen molar-refractivity contribution in [3.05, 3.63) is 35.6 Å². The number of hydrogen-bond donors (Lipinski definition) is 1. The molecule has 0 spiro atoms. The quantitative estimate of drug-likeness (QED) is 0.871. The Balaban J connectivity index is 2.98. The van der Waals surface area contributed by atoms with Crippen LogP contribution in [0.15, 0.2) is 24.3 Å². The van der Waals surface area contributed by atoms with Gasteiger partial charge in [-0.2, -0.15) is 0 Å². The van der Waals surface area contributed by atoms with Gasteiger partial charge in [0.15, 0.2) is 0 Å². The molecule has 0 fully saturated rings. The Morgan fingerprint density at radius 2 is 2.00 bits per heavy atom. The van der Waals surface area contributed by atoms with E-state index in [1.807, 2.05) is 0 Å². The van der Waals surface area contributed by atoms with Crippen molar-refractivity contribution in [1.82, 2.24) is 4.90 Å². The minimum absolute atomic E-state index is 0.116. The first-order valence-corrected chi connectivity index (χ1v) is 5.23. The average molecular weight is 239 g/mol. The van der Waals surface area contributed by atoms with Gasteiger partial charge in [0.25, 0.3) is 5.91 Å². The smallest absolute Gasteiger partial charge is 0.326 e. The third kappa shape index (κ3) is 2.81. The minimum Gasteiger partial charge on any atom is -0.480 e. The van der Waals surface area contributed by atoms with Crippen molar-refractivity contribution in [2.45, 2.75) is 19.4 Å². The third-order valence-electron chi connectivity index (χ3n) is 2.56. The van der Waals surface area contributed by atoms with Gasteiger partial charge in [0.1, 0.15) is 11.9 Å². The third-order valence-corrected chi connectivity index (χ3v) is 2.56. The van der Waals surface area contributed by atoms with Gasteiger partial charge in [-0.15, -0.1) is 0 Å². The van der Waals surface area contributed by atoms with Crippen LogP contribution in [0.5, 0.6) is 0 Å². The molecule has 0 saturated heterocycles. The van der Waals surface area contributed by atoms with Crippen molar-refractivity contribution < 1.29 is 19.1 Å². The van der Waals surface area contributed by atoms with E-state index in [4.69, 9.17) is 5.11 Å². The fourth-order valence-corrected chi connectivity index (χ4v) is 1.58. The molecule has 1 amide bonds. The highest BCUT2D eigenvalue weighted by atomic mass is 19.1. The number of carbonyl (C=O) groups is 2. The van der Waals surface area contributed by atoms with Crippen LogP contribution < -0.4 is 0 Å². The number of nitrogens with zero attached hydrogens (tertiary/aromatic N) is 1. The number of carboxylic acids is 1. The molecule has 4 nitrogen and oxygen atoms in total. The van der Waals surface area contributed by atoms with Crippen molar-refractivity contribution in [2.75, 3.05) is 7.05 Å². The predicted octanol–water partition coefficient (Wildman–Crippen LogP) is 1.76. The fraction of sp³-hybridized carbons (Fsp3) is 0.333. The van der Waals surface area contributed by atoms with Gasteiger partial charge in [-0.05, 0) is 18.6 Å². The average Bonchev–Trinajstić information content (AvgIpc) is 2.29. The highest BCUT2D eigenvalue weighted by Crippen LogP contribution is 2.12. The van der Waals surface area contributed by atoms with E-state index in [1.165, 1.54) is 31.3 Å². The summed E-state index contributed by atoms with van der Waals surface area (Å²) < 4.78 is 13.4. The van der Waals surface area contributed by atoms with E-state index in [0.29, 0.717) is 0 Å². The maximum absolute atomic E-state index is 13.4. The number of hydrogen-bond acceptors (Lipinski definition) is 2. The predicted molar refractivity (Wildman–Crippen MR) is 60.2 cm³/mol. The zero-order valence-corrected chi connectivity index (χ0v) is 9.68. The fourth-order valence-electron chi connectivity index (χ4n) is 1.58. The summed E-state index contributed by atoms with van der Waals surface area (Å²) in [6, 6.07) is 4.57. The molecule has 0 aliphatic heterocycles. The highest BCUT2D eigenvalue weighted by Gasteiger charge is 2.26. The van der Waals surface area contributed by atoms with Gasteiger partial charge in [-0.3, -0.25) is 4.79 Å². The van der Waals surface area contributed by atoms with Gasteiger partial charge in [0, 0.05) is 7.05 Å². The van der Waals surface area contributed by atoms with Crippen LogP contribution in [-0.2, 0) is 4.79 Å². The molecule has 1 atom stereocenters. The summed E-state index contributed by atoms with van der Waals surface area (Å²) in [6.45, 7) is 1.66. The van der Waals surface area contributed by atoms with Crippen LogP contribution in [0.2, 0.25) is 0 Å². The molecular weight excluding hydrogens is 225 g/mol. The lowest BCUT2D eigenvalue weighted by molar-refractivity contribution is -0.142. The first kappa shape index (κ1) is 13.2. The Bertz CT molecular complexity index is 434. The standard InChI is InChI=1S/C12H14FNO3/c1-3-10(12(16)17)14(2)11(15)8-6-4-5-7-9(8)13/h4-7,10H,3H2,1-2H3,(H,16,17). The topological polar surface area (TPSA) is 57.6 Å². The molecule has 0 aromatic heterocycles. The van der Waals surface area contributed by atoms with Crippen molar-refractivity contribution >= 4 is 11.9 Å². The Kier molecular flexibility index (Phi) is 4.20. The van der Waals surface area contributed by atoms with Crippen LogP contribution in [0.3, 0.4) is 0 Å². The number of halogens is 1. The molecule has 0 bridgehead atoms. The van der Waals surface area contributed by atoms with Crippen LogP contribution >= 0.6 is 0 Å². The summed E-state index contributed by atoms with van der Waals surface area (Å²) in [7, 11) is 1.36. The SMILES string of the molecule is CCC(C(=O)O)N(C)C(=O)c1ccccc1F. The Hall–Kier alpha value is -1.91. The number of amides is 1. The van der Waals surface area contributed by atoms with Crippen LogP contribution in [0, 0.1) is 5.82 Å². The van der Waals surface area contributed by atoms with Crippen LogP contribution in [0.1, 0.15) is 23.7 Å². The maximum Gasteiger partial charge on any atom is 0.326 e. The Morgan fingerprint density at radius 1 is 1.41 bits per heavy atom. The lowest BCUT2D eigenvalue weighted by atomic mass is 10.1. The second-order valence-corrected chi connectivity index (χ2v) is 3.66. The molecule has 1 rings (SSSR count). The highest BCUT2D eigenvalue weighted by molar-refractivity contribution is 5.96. The van der Waals surface area contributed by atoms with Gasteiger partial charge in [0.2, 0.25) is 0 Å². The number of likely N-dealkylation sites (N-methyl/N-ethyl adjacent to an activating group) is 1. The van der Waals surface area contributed by atoms with Crippen LogP contribution in [0.4, 0.5) is 4.39 Å². The zero-order valence-electron chi connectivity index (χ0n) is 9.68. The zero-order chi connectivity index (χ0) is 13.0. The van der Waals surface area contributed by atoms with Gasteiger partial charge < -0.3 is 10.0 Å². The summed E-state index contributed by atoms with van der Waals surface area (Å²) in [5, 5.41) is 8.92. The van der Waals surface area contributed by atoms with E-state index < -0.39 is 23.7 Å². The Labute approximate surface area is 98.7 Å². The minimum atomic E-state index is -1.10. The molecule has 0 radical (unpaired) electrons. The molecule has 0 heterocycles. The molecule has 1 aromatic rings. The van der Waals surface area contributed by atoms with E-state index in [0.717, 1.165) is 4.90 Å². The summed E-state index contributed by atoms with van der Waals surface area (Å²) >= 11 is 0. The van der Waals surface area contributed by atoms with E-state index in [2.05, 4.69) is 0 Å². The van der Waals surface area contributed by atoms with E-state index in [-0.39, 0.29) is 12.0 Å². The molecule has 5 heteroatoms. The first-order valence-electron chi connectivity index (χ1n) is 5.23. The molecule has 0 aliphatic carbocycles. The number of rotatable bonds is 4. The van der Waals surface area contributed by atoms with Crippen LogP contribution in [-0.4, -0.2) is 35.0 Å². The van der Waals surface area contributed by atoms with Gasteiger partial charge in [-0.25, -0.2) is 9.18 Å². The van der Waals surface area contributed by atoms with Gasteiger partial charge in [-0.1, -0.05) is 19.1 Å². The van der Waals surface area contributed by atoms with Gasteiger partial charge in [0.05, 0.1) is 5.56 Å². The van der Waals surface area contributed by atoms with E-state index >= 15 is 0 Å². The molecule has 17 heavy (non-hydrogen) atoms. The number of benzene rings is 1. The molecule has 0 saturated carbocycles. The normalized spacial score (nSPS) is 11.9. The number of aliphatic carboxylic acids is 1. The second kappa shape index (κ2) is 5.43. The summed E-state index contributed by atoms with van der Waals surface area (Å²) in [5.74, 6) is -2.37. The second-order valence-electron chi connectivity index (χ2n) is 3.66. The molecule has 0 aliphatic rings.